The van der Waals surface area contributed by atoms with Crippen LogP contribution >= 0.6 is 23.5 Å². The molecule has 0 spiro atoms. The highest BCUT2D eigenvalue weighted by molar-refractivity contribution is 8.06. The van der Waals surface area contributed by atoms with Gasteiger partial charge in [0, 0.05) is 52.4 Å². The van der Waals surface area contributed by atoms with Crippen molar-refractivity contribution in [1.29, 1.82) is 0 Å². The van der Waals surface area contributed by atoms with Crippen LogP contribution in [0.15, 0.2) is 30.5 Å². The van der Waals surface area contributed by atoms with E-state index in [-0.39, 0.29) is 10.6 Å². The van der Waals surface area contributed by atoms with Crippen molar-refractivity contribution in [3.8, 4) is 0 Å². The number of nitrogens with one attached hydrogen (secondary N) is 1. The second-order valence-corrected chi connectivity index (χ2v) is 7.30. The molecule has 1 atom stereocenters. The molecule has 1 aromatic heterocycles. The summed E-state index contributed by atoms with van der Waals surface area (Å²) >= 11 is 3.97. The lowest BCUT2D eigenvalue weighted by Gasteiger charge is -2.22. The third-order valence-corrected chi connectivity index (χ3v) is 6.20. The van der Waals surface area contributed by atoms with Gasteiger partial charge in [-0.15, -0.1) is 0 Å². The van der Waals surface area contributed by atoms with Crippen molar-refractivity contribution in [3.63, 3.8) is 0 Å². The SMILES string of the molecule is O=[N+]([O-])c1cccc2c(NCC3CSCCS3)ccnc12. The molecule has 0 saturated carbocycles. The summed E-state index contributed by atoms with van der Waals surface area (Å²) in [5.74, 6) is 3.58. The highest BCUT2D eigenvalue weighted by atomic mass is 32.2. The average molecular weight is 321 g/mol. The number of nitro groups is 1. The summed E-state index contributed by atoms with van der Waals surface area (Å²) < 4.78 is 0. The number of non-ortho nitro benzene ring substituents is 1. The van der Waals surface area contributed by atoms with Gasteiger partial charge in [0.1, 0.15) is 5.52 Å². The molecular formula is C14H15N3O2S2. The zero-order chi connectivity index (χ0) is 14.7. The van der Waals surface area contributed by atoms with E-state index in [0.717, 1.165) is 23.4 Å². The van der Waals surface area contributed by atoms with Crippen molar-refractivity contribution in [2.45, 2.75) is 5.25 Å². The number of pyridine rings is 1. The zero-order valence-corrected chi connectivity index (χ0v) is 13.0. The number of rotatable bonds is 4. The lowest BCUT2D eigenvalue weighted by molar-refractivity contribution is -0.383. The largest absolute Gasteiger partial charge is 0.383 e. The lowest BCUT2D eigenvalue weighted by Crippen LogP contribution is -2.23. The summed E-state index contributed by atoms with van der Waals surface area (Å²) in [6, 6.07) is 6.96. The third kappa shape index (κ3) is 3.24. The number of anilines is 1. The Bertz CT molecular complexity index is 660. The number of fused-ring (bicyclic) bond motifs is 1. The lowest BCUT2D eigenvalue weighted by atomic mass is 10.1. The van der Waals surface area contributed by atoms with Crippen LogP contribution in [0, 0.1) is 10.1 Å². The van der Waals surface area contributed by atoms with Crippen LogP contribution in [-0.4, -0.2) is 39.0 Å². The predicted molar refractivity (Wildman–Crippen MR) is 90.5 cm³/mol. The van der Waals surface area contributed by atoms with Gasteiger partial charge in [0.25, 0.3) is 5.69 Å². The van der Waals surface area contributed by atoms with Crippen LogP contribution in [0.5, 0.6) is 0 Å². The molecule has 5 nitrogen and oxygen atoms in total. The Kier molecular flexibility index (Phi) is 4.50. The number of hydrogen-bond donors (Lipinski definition) is 1. The van der Waals surface area contributed by atoms with Crippen molar-refractivity contribution in [2.24, 2.45) is 0 Å². The fourth-order valence-electron chi connectivity index (χ4n) is 2.34. The molecule has 1 aromatic carbocycles. The smallest absolute Gasteiger partial charge is 0.295 e. The van der Waals surface area contributed by atoms with Crippen LogP contribution in [0.2, 0.25) is 0 Å². The summed E-state index contributed by atoms with van der Waals surface area (Å²) in [6.45, 7) is 0.874. The Hall–Kier alpha value is -1.47. The van der Waals surface area contributed by atoms with Gasteiger partial charge in [-0.1, -0.05) is 12.1 Å². The summed E-state index contributed by atoms with van der Waals surface area (Å²) in [5, 5.41) is 15.9. The number of benzene rings is 1. The Morgan fingerprint density at radius 3 is 3.05 bits per heavy atom. The van der Waals surface area contributed by atoms with E-state index in [1.165, 1.54) is 17.6 Å². The molecule has 0 aliphatic carbocycles. The van der Waals surface area contributed by atoms with Crippen molar-refractivity contribution < 1.29 is 4.92 Å². The van der Waals surface area contributed by atoms with Gasteiger partial charge in [-0.25, -0.2) is 4.98 Å². The zero-order valence-electron chi connectivity index (χ0n) is 11.3. The second kappa shape index (κ2) is 6.53. The fourth-order valence-corrected chi connectivity index (χ4v) is 4.95. The second-order valence-electron chi connectivity index (χ2n) is 4.74. The van der Waals surface area contributed by atoms with Crippen LogP contribution in [0.4, 0.5) is 11.4 Å². The van der Waals surface area contributed by atoms with Crippen LogP contribution in [0.25, 0.3) is 10.9 Å². The van der Waals surface area contributed by atoms with Gasteiger partial charge < -0.3 is 5.32 Å². The molecule has 21 heavy (non-hydrogen) atoms. The van der Waals surface area contributed by atoms with Gasteiger partial charge in [0.05, 0.1) is 4.92 Å². The number of nitro benzene ring substituents is 1. The van der Waals surface area contributed by atoms with Crippen molar-refractivity contribution in [2.75, 3.05) is 29.1 Å². The van der Waals surface area contributed by atoms with Gasteiger partial charge >= 0.3 is 0 Å². The van der Waals surface area contributed by atoms with Crippen LogP contribution in [-0.2, 0) is 0 Å². The van der Waals surface area contributed by atoms with Crippen LogP contribution in [0.1, 0.15) is 0 Å². The maximum absolute atomic E-state index is 11.1. The number of thioether (sulfide) groups is 2. The van der Waals surface area contributed by atoms with E-state index in [2.05, 4.69) is 10.3 Å². The first kappa shape index (κ1) is 14.5. The van der Waals surface area contributed by atoms with Gasteiger partial charge in [-0.3, -0.25) is 10.1 Å². The molecule has 1 unspecified atom stereocenters. The van der Waals surface area contributed by atoms with Gasteiger partial charge in [0.2, 0.25) is 0 Å². The van der Waals surface area contributed by atoms with E-state index < -0.39 is 0 Å². The summed E-state index contributed by atoms with van der Waals surface area (Å²) in [5.41, 5.74) is 1.41. The molecular weight excluding hydrogens is 306 g/mol. The van der Waals surface area contributed by atoms with Gasteiger partial charge in [0.15, 0.2) is 0 Å². The summed E-state index contributed by atoms with van der Waals surface area (Å²) in [7, 11) is 0. The third-order valence-electron chi connectivity index (χ3n) is 3.35. The highest BCUT2D eigenvalue weighted by Gasteiger charge is 2.16. The standard InChI is InChI=1S/C14H15N3O2S2/c18-17(19)13-3-1-2-11-12(4-5-15-14(11)13)16-8-10-9-20-6-7-21-10/h1-5,10H,6-9H2,(H,15,16). The number of hydrogen-bond acceptors (Lipinski definition) is 6. The van der Waals surface area contributed by atoms with Gasteiger partial charge in [-0.05, 0) is 6.07 Å². The molecule has 2 aromatic rings. The molecule has 0 bridgehead atoms. The highest BCUT2D eigenvalue weighted by Crippen LogP contribution is 2.29. The molecule has 1 fully saturated rings. The summed E-state index contributed by atoms with van der Waals surface area (Å²) in [4.78, 5) is 14.9. The Labute approximate surface area is 131 Å². The molecule has 1 aliphatic rings. The van der Waals surface area contributed by atoms with Crippen molar-refractivity contribution >= 4 is 45.8 Å². The number of aromatic nitrogens is 1. The molecule has 2 heterocycles. The monoisotopic (exact) mass is 321 g/mol. The average Bonchev–Trinajstić information content (AvgIpc) is 2.53. The number of para-hydroxylation sites is 1. The molecule has 1 aliphatic heterocycles. The predicted octanol–water partition coefficient (Wildman–Crippen LogP) is 3.40. The van der Waals surface area contributed by atoms with E-state index in [1.807, 2.05) is 35.7 Å². The molecule has 1 saturated heterocycles. The maximum atomic E-state index is 11.1. The van der Waals surface area contributed by atoms with Crippen LogP contribution < -0.4 is 5.32 Å². The quantitative estimate of drug-likeness (QED) is 0.687. The van der Waals surface area contributed by atoms with Crippen molar-refractivity contribution in [3.05, 3.63) is 40.6 Å². The maximum Gasteiger partial charge on any atom is 0.295 e. The molecule has 0 radical (unpaired) electrons. The van der Waals surface area contributed by atoms with E-state index >= 15 is 0 Å². The Morgan fingerprint density at radius 2 is 2.29 bits per heavy atom. The van der Waals surface area contributed by atoms with E-state index in [9.17, 15) is 10.1 Å². The van der Waals surface area contributed by atoms with E-state index in [0.29, 0.717) is 10.8 Å². The summed E-state index contributed by atoms with van der Waals surface area (Å²) in [6.07, 6.45) is 1.63. The Balaban J connectivity index is 1.85. The molecule has 1 N–H and O–H groups in total. The topological polar surface area (TPSA) is 68.1 Å². The minimum atomic E-state index is -0.382. The minimum Gasteiger partial charge on any atom is -0.383 e. The number of nitrogens with zero attached hydrogens (tertiary/aromatic N) is 2. The fraction of sp³-hybridized carbons (Fsp3) is 0.357. The van der Waals surface area contributed by atoms with E-state index in [1.54, 1.807) is 12.3 Å². The van der Waals surface area contributed by atoms with Crippen LogP contribution in [0.3, 0.4) is 0 Å². The van der Waals surface area contributed by atoms with E-state index in [4.69, 9.17) is 0 Å². The molecule has 7 heteroatoms. The molecule has 3 rings (SSSR count). The Morgan fingerprint density at radius 1 is 1.38 bits per heavy atom. The van der Waals surface area contributed by atoms with Crippen molar-refractivity contribution in [1.82, 2.24) is 4.98 Å². The molecule has 110 valence electrons. The first-order valence-electron chi connectivity index (χ1n) is 6.71. The van der Waals surface area contributed by atoms with Gasteiger partial charge in [-0.2, -0.15) is 23.5 Å². The minimum absolute atomic E-state index is 0.0544. The normalized spacial score (nSPS) is 18.6. The molecule has 0 amide bonds. The first-order chi connectivity index (χ1) is 10.3. The first-order valence-corrected chi connectivity index (χ1v) is 8.91.